The number of aromatic nitrogens is 2. The predicted molar refractivity (Wildman–Crippen MR) is 124 cm³/mol. The molecule has 6 nitrogen and oxygen atoms in total. The van der Waals surface area contributed by atoms with Gasteiger partial charge in [-0.2, -0.15) is 5.10 Å². The molecule has 3 aromatic rings. The second kappa shape index (κ2) is 8.66. The molecule has 1 aromatic heterocycles. The van der Waals surface area contributed by atoms with Crippen LogP contribution in [0.4, 0.5) is 14.5 Å². The minimum atomic E-state index is -0.796. The van der Waals surface area contributed by atoms with Crippen LogP contribution in [0.1, 0.15) is 70.4 Å². The average Bonchev–Trinajstić information content (AvgIpc) is 3.53. The van der Waals surface area contributed by atoms with Crippen molar-refractivity contribution in [3.8, 4) is 0 Å². The maximum Gasteiger partial charge on any atom is 0.277 e. The van der Waals surface area contributed by atoms with Gasteiger partial charge in [-0.25, -0.2) is 8.78 Å². The molecule has 1 fully saturated rings. The lowest BCUT2D eigenvalue weighted by Gasteiger charge is -2.27. The van der Waals surface area contributed by atoms with E-state index in [0.717, 1.165) is 32.0 Å². The number of halogens is 2. The van der Waals surface area contributed by atoms with Crippen molar-refractivity contribution in [2.75, 3.05) is 18.0 Å². The minimum absolute atomic E-state index is 0.0356. The summed E-state index contributed by atoms with van der Waals surface area (Å²) in [6.45, 7) is 5.58. The van der Waals surface area contributed by atoms with Gasteiger partial charge in [-0.3, -0.25) is 19.6 Å². The average molecular weight is 465 g/mol. The molecule has 0 radical (unpaired) electrons. The van der Waals surface area contributed by atoms with Gasteiger partial charge in [0.15, 0.2) is 0 Å². The fourth-order valence-electron chi connectivity index (χ4n) is 4.91. The molecule has 1 saturated heterocycles. The topological polar surface area (TPSA) is 69.3 Å². The normalized spacial score (nSPS) is 17.7. The lowest BCUT2D eigenvalue weighted by molar-refractivity contribution is 0.0792. The first kappa shape index (κ1) is 22.3. The van der Waals surface area contributed by atoms with E-state index in [9.17, 15) is 18.4 Å². The first-order valence-electron chi connectivity index (χ1n) is 11.6. The van der Waals surface area contributed by atoms with E-state index in [1.165, 1.54) is 17.0 Å². The fourth-order valence-corrected chi connectivity index (χ4v) is 4.91. The SMILES string of the molecule is CC(C)Cc1n[nH]c2c1C(c1ccc(F)cc1F)N(c1ccc(C(=O)N3CCCC3)cc1)C2=O. The largest absolute Gasteiger partial charge is 0.339 e. The first-order chi connectivity index (χ1) is 16.3. The highest BCUT2D eigenvalue weighted by Gasteiger charge is 2.44. The molecular formula is C26H26F2N4O2. The van der Waals surface area contributed by atoms with Gasteiger partial charge >= 0.3 is 0 Å². The van der Waals surface area contributed by atoms with E-state index >= 15 is 0 Å². The van der Waals surface area contributed by atoms with Gasteiger partial charge in [0.05, 0.1) is 11.7 Å². The Morgan fingerprint density at radius 2 is 1.82 bits per heavy atom. The quantitative estimate of drug-likeness (QED) is 0.586. The number of aromatic amines is 1. The number of H-pyrrole nitrogens is 1. The van der Waals surface area contributed by atoms with Crippen LogP contribution in [-0.4, -0.2) is 40.0 Å². The summed E-state index contributed by atoms with van der Waals surface area (Å²) < 4.78 is 28.7. The number of carbonyl (C=O) groups excluding carboxylic acids is 2. The first-order valence-corrected chi connectivity index (χ1v) is 11.6. The molecule has 0 spiro atoms. The van der Waals surface area contributed by atoms with Crippen molar-refractivity contribution in [2.45, 2.75) is 39.2 Å². The van der Waals surface area contributed by atoms with Crippen molar-refractivity contribution in [1.29, 1.82) is 0 Å². The Bertz CT molecular complexity index is 1250. The van der Waals surface area contributed by atoms with E-state index in [1.807, 2.05) is 18.7 Å². The molecule has 2 aliphatic heterocycles. The van der Waals surface area contributed by atoms with Gasteiger partial charge in [0, 0.05) is 41.5 Å². The summed E-state index contributed by atoms with van der Waals surface area (Å²) in [7, 11) is 0. The highest BCUT2D eigenvalue weighted by Crippen LogP contribution is 2.43. The van der Waals surface area contributed by atoms with E-state index in [-0.39, 0.29) is 23.3 Å². The van der Waals surface area contributed by atoms with E-state index < -0.39 is 17.7 Å². The van der Waals surface area contributed by atoms with Crippen molar-refractivity contribution in [2.24, 2.45) is 5.92 Å². The number of anilines is 1. The number of hydrogen-bond acceptors (Lipinski definition) is 3. The smallest absolute Gasteiger partial charge is 0.277 e. The maximum atomic E-state index is 15.0. The fraction of sp³-hybridized carbons (Fsp3) is 0.346. The maximum absolute atomic E-state index is 15.0. The molecule has 8 heteroatoms. The van der Waals surface area contributed by atoms with Crippen LogP contribution in [0.15, 0.2) is 42.5 Å². The van der Waals surface area contributed by atoms with Crippen LogP contribution in [0.25, 0.3) is 0 Å². The third-order valence-electron chi connectivity index (χ3n) is 6.49. The molecule has 0 saturated carbocycles. The molecule has 3 heterocycles. The molecule has 1 atom stereocenters. The molecule has 2 amide bonds. The molecular weight excluding hydrogens is 438 g/mol. The van der Waals surface area contributed by atoms with Gasteiger partial charge in [0.25, 0.3) is 11.8 Å². The van der Waals surface area contributed by atoms with Crippen molar-refractivity contribution in [3.05, 3.63) is 82.2 Å². The van der Waals surface area contributed by atoms with Gasteiger partial charge in [-0.05, 0) is 55.5 Å². The predicted octanol–water partition coefficient (Wildman–Crippen LogP) is 4.87. The zero-order valence-electron chi connectivity index (χ0n) is 19.1. The highest BCUT2D eigenvalue weighted by atomic mass is 19.1. The standard InChI is InChI=1S/C26H26F2N4O2/c1-15(2)13-21-22-23(30-29-21)26(34)32(24(22)19-10-7-17(27)14-20(19)28)18-8-5-16(6-9-18)25(33)31-11-3-4-12-31/h5-10,14-15,24H,3-4,11-13H2,1-2H3,(H,29,30). The summed E-state index contributed by atoms with van der Waals surface area (Å²) in [4.78, 5) is 29.5. The third kappa shape index (κ3) is 3.77. The summed E-state index contributed by atoms with van der Waals surface area (Å²) in [6, 6.07) is 9.41. The Labute approximate surface area is 196 Å². The molecule has 1 unspecified atom stereocenters. The van der Waals surface area contributed by atoms with Crippen molar-refractivity contribution < 1.29 is 18.4 Å². The van der Waals surface area contributed by atoms with Crippen LogP contribution >= 0.6 is 0 Å². The van der Waals surface area contributed by atoms with Crippen LogP contribution in [0.5, 0.6) is 0 Å². The zero-order chi connectivity index (χ0) is 24.0. The van der Waals surface area contributed by atoms with E-state index in [4.69, 9.17) is 0 Å². The van der Waals surface area contributed by atoms with Crippen molar-refractivity contribution in [3.63, 3.8) is 0 Å². The van der Waals surface area contributed by atoms with Gasteiger partial charge in [0.1, 0.15) is 17.3 Å². The van der Waals surface area contributed by atoms with Crippen LogP contribution in [0.2, 0.25) is 0 Å². The molecule has 2 aromatic carbocycles. The Hall–Kier alpha value is -3.55. The second-order valence-corrected chi connectivity index (χ2v) is 9.35. The number of nitrogens with one attached hydrogen (secondary N) is 1. The van der Waals surface area contributed by atoms with E-state index in [2.05, 4.69) is 10.2 Å². The number of hydrogen-bond donors (Lipinski definition) is 1. The summed E-state index contributed by atoms with van der Waals surface area (Å²) >= 11 is 0. The summed E-state index contributed by atoms with van der Waals surface area (Å²) in [5.74, 6) is -1.52. The number of likely N-dealkylation sites (tertiary alicyclic amines) is 1. The zero-order valence-corrected chi connectivity index (χ0v) is 19.1. The van der Waals surface area contributed by atoms with Crippen molar-refractivity contribution >= 4 is 17.5 Å². The lowest BCUT2D eigenvalue weighted by Crippen LogP contribution is -2.30. The monoisotopic (exact) mass is 464 g/mol. The molecule has 5 rings (SSSR count). The van der Waals surface area contributed by atoms with Gasteiger partial charge in [-0.15, -0.1) is 0 Å². The summed E-state index contributed by atoms with van der Waals surface area (Å²) in [5, 5.41) is 7.18. The highest BCUT2D eigenvalue weighted by molar-refractivity contribution is 6.11. The van der Waals surface area contributed by atoms with Crippen LogP contribution in [-0.2, 0) is 6.42 Å². The molecule has 176 valence electrons. The van der Waals surface area contributed by atoms with Crippen LogP contribution in [0.3, 0.4) is 0 Å². The lowest BCUT2D eigenvalue weighted by atomic mass is 9.94. The number of benzene rings is 2. The second-order valence-electron chi connectivity index (χ2n) is 9.35. The van der Waals surface area contributed by atoms with E-state index in [1.54, 1.807) is 24.3 Å². The third-order valence-corrected chi connectivity index (χ3v) is 6.49. The summed E-state index contributed by atoms with van der Waals surface area (Å²) in [6.07, 6.45) is 2.61. The van der Waals surface area contributed by atoms with E-state index in [0.29, 0.717) is 34.6 Å². The Morgan fingerprint density at radius 1 is 1.12 bits per heavy atom. The van der Waals surface area contributed by atoms with Gasteiger partial charge in [-0.1, -0.05) is 19.9 Å². The molecule has 1 N–H and O–H groups in total. The number of fused-ring (bicyclic) bond motifs is 1. The number of nitrogens with zero attached hydrogens (tertiary/aromatic N) is 3. The minimum Gasteiger partial charge on any atom is -0.339 e. The Morgan fingerprint density at radius 3 is 2.47 bits per heavy atom. The Balaban J connectivity index is 1.57. The van der Waals surface area contributed by atoms with Crippen molar-refractivity contribution in [1.82, 2.24) is 15.1 Å². The molecule has 2 aliphatic rings. The Kier molecular flexibility index (Phi) is 5.67. The van der Waals surface area contributed by atoms with Crippen LogP contribution in [0, 0.1) is 17.6 Å². The number of carbonyl (C=O) groups is 2. The van der Waals surface area contributed by atoms with Crippen LogP contribution < -0.4 is 4.90 Å². The van der Waals surface area contributed by atoms with Gasteiger partial charge < -0.3 is 4.90 Å². The summed E-state index contributed by atoms with van der Waals surface area (Å²) in [5.41, 5.74) is 2.87. The molecule has 34 heavy (non-hydrogen) atoms. The number of rotatable bonds is 5. The molecule has 0 bridgehead atoms. The molecule has 0 aliphatic carbocycles. The number of amides is 2. The van der Waals surface area contributed by atoms with Gasteiger partial charge in [0.2, 0.25) is 0 Å².